The minimum Gasteiger partial charge on any atom is -0.504 e. The van der Waals surface area contributed by atoms with Gasteiger partial charge in [0.05, 0.1) is 6.54 Å². The van der Waals surface area contributed by atoms with E-state index < -0.39 is 0 Å². The number of aryl methyl sites for hydroxylation is 1. The van der Waals surface area contributed by atoms with Gasteiger partial charge in [0, 0.05) is 23.7 Å². The SMILES string of the molecule is Cc1noc(CN2CCOc3c(O)cc(-c4cccc(Cl)c4)cc3C2)n1. The van der Waals surface area contributed by atoms with Crippen molar-refractivity contribution >= 4 is 11.6 Å². The van der Waals surface area contributed by atoms with E-state index in [1.54, 1.807) is 13.0 Å². The topological polar surface area (TPSA) is 71.6 Å². The van der Waals surface area contributed by atoms with Gasteiger partial charge in [0.25, 0.3) is 0 Å². The predicted molar refractivity (Wildman–Crippen MR) is 97.2 cm³/mol. The van der Waals surface area contributed by atoms with E-state index in [9.17, 15) is 5.11 Å². The third-order valence-electron chi connectivity index (χ3n) is 4.28. The molecule has 7 heteroatoms. The maximum atomic E-state index is 10.5. The predicted octanol–water partition coefficient (Wildman–Crippen LogP) is 3.80. The van der Waals surface area contributed by atoms with E-state index in [-0.39, 0.29) is 5.75 Å². The molecule has 1 aliphatic heterocycles. The molecule has 1 aromatic heterocycles. The molecule has 3 aromatic rings. The van der Waals surface area contributed by atoms with Gasteiger partial charge in [-0.1, -0.05) is 28.9 Å². The third kappa shape index (κ3) is 3.52. The second-order valence-electron chi connectivity index (χ2n) is 6.29. The zero-order chi connectivity index (χ0) is 18.1. The van der Waals surface area contributed by atoms with Crippen LogP contribution in [-0.2, 0) is 13.1 Å². The van der Waals surface area contributed by atoms with Gasteiger partial charge in [-0.2, -0.15) is 4.98 Å². The van der Waals surface area contributed by atoms with Crippen molar-refractivity contribution < 1.29 is 14.4 Å². The smallest absolute Gasteiger partial charge is 0.240 e. The number of hydrogen-bond donors (Lipinski definition) is 1. The van der Waals surface area contributed by atoms with Crippen molar-refractivity contribution in [2.45, 2.75) is 20.0 Å². The van der Waals surface area contributed by atoms with E-state index in [0.717, 1.165) is 16.7 Å². The van der Waals surface area contributed by atoms with Crippen molar-refractivity contribution in [3.05, 3.63) is 58.7 Å². The van der Waals surface area contributed by atoms with Gasteiger partial charge in [-0.25, -0.2) is 0 Å². The first-order valence-corrected chi connectivity index (χ1v) is 8.72. The van der Waals surface area contributed by atoms with Gasteiger partial charge < -0.3 is 14.4 Å². The van der Waals surface area contributed by atoms with Crippen LogP contribution in [0.4, 0.5) is 0 Å². The highest BCUT2D eigenvalue weighted by molar-refractivity contribution is 6.30. The Morgan fingerprint density at radius 3 is 2.88 bits per heavy atom. The summed E-state index contributed by atoms with van der Waals surface area (Å²) in [5.41, 5.74) is 2.75. The van der Waals surface area contributed by atoms with Gasteiger partial charge in [0.15, 0.2) is 17.3 Å². The molecule has 1 N–H and O–H groups in total. The van der Waals surface area contributed by atoms with E-state index in [1.807, 2.05) is 30.3 Å². The summed E-state index contributed by atoms with van der Waals surface area (Å²) >= 11 is 6.10. The lowest BCUT2D eigenvalue weighted by molar-refractivity contribution is 0.195. The molecule has 4 rings (SSSR count). The van der Waals surface area contributed by atoms with Crippen LogP contribution >= 0.6 is 11.6 Å². The molecule has 0 bridgehead atoms. The molecule has 0 saturated carbocycles. The van der Waals surface area contributed by atoms with Crippen LogP contribution in [0, 0.1) is 6.92 Å². The standard InChI is InChI=1S/C19H18ClN3O3/c1-12-21-18(26-22-12)11-23-5-6-25-19-15(10-23)7-14(9-17(19)24)13-3-2-4-16(20)8-13/h2-4,7-9,24H,5-6,10-11H2,1H3. The van der Waals surface area contributed by atoms with Crippen molar-refractivity contribution in [3.8, 4) is 22.6 Å². The van der Waals surface area contributed by atoms with Gasteiger partial charge >= 0.3 is 0 Å². The molecular formula is C19H18ClN3O3. The Morgan fingerprint density at radius 2 is 2.12 bits per heavy atom. The largest absolute Gasteiger partial charge is 0.504 e. The van der Waals surface area contributed by atoms with Gasteiger partial charge in [0.1, 0.15) is 6.61 Å². The molecule has 0 radical (unpaired) electrons. The number of halogens is 1. The number of phenolic OH excluding ortho intramolecular Hbond substituents is 1. The summed E-state index contributed by atoms with van der Waals surface area (Å²) in [6, 6.07) is 11.3. The molecule has 0 atom stereocenters. The molecule has 0 saturated heterocycles. The Hall–Kier alpha value is -2.57. The summed E-state index contributed by atoms with van der Waals surface area (Å²) in [5, 5.41) is 14.9. The maximum Gasteiger partial charge on any atom is 0.240 e. The molecule has 0 aliphatic carbocycles. The van der Waals surface area contributed by atoms with E-state index in [0.29, 0.717) is 48.7 Å². The lowest BCUT2D eigenvalue weighted by atomic mass is 10.0. The fourth-order valence-corrected chi connectivity index (χ4v) is 3.31. The molecule has 134 valence electrons. The fraction of sp³-hybridized carbons (Fsp3) is 0.263. The first-order chi connectivity index (χ1) is 12.6. The summed E-state index contributed by atoms with van der Waals surface area (Å²) < 4.78 is 11.0. The number of benzene rings is 2. The average molecular weight is 372 g/mol. The number of phenols is 1. The number of ether oxygens (including phenoxy) is 1. The summed E-state index contributed by atoms with van der Waals surface area (Å²) in [6.07, 6.45) is 0. The Balaban J connectivity index is 1.65. The number of nitrogens with zero attached hydrogens (tertiary/aromatic N) is 3. The number of rotatable bonds is 3. The Morgan fingerprint density at radius 1 is 1.23 bits per heavy atom. The Kier molecular flexibility index (Phi) is 4.53. The lowest BCUT2D eigenvalue weighted by Gasteiger charge is -2.17. The van der Waals surface area contributed by atoms with Crippen LogP contribution in [0.15, 0.2) is 40.9 Å². The highest BCUT2D eigenvalue weighted by Crippen LogP contribution is 2.38. The Bertz CT molecular complexity index is 942. The van der Waals surface area contributed by atoms with E-state index in [2.05, 4.69) is 15.0 Å². The Labute approximate surface area is 156 Å². The molecule has 0 unspecified atom stereocenters. The zero-order valence-corrected chi connectivity index (χ0v) is 15.0. The van der Waals surface area contributed by atoms with Crippen LogP contribution in [0.1, 0.15) is 17.3 Å². The lowest BCUT2D eigenvalue weighted by Crippen LogP contribution is -2.25. The molecule has 0 amide bonds. The molecule has 0 spiro atoms. The second kappa shape index (κ2) is 6.97. The van der Waals surface area contributed by atoms with Gasteiger partial charge in [-0.15, -0.1) is 0 Å². The molecule has 1 aliphatic rings. The quantitative estimate of drug-likeness (QED) is 0.755. The van der Waals surface area contributed by atoms with Crippen LogP contribution in [0.25, 0.3) is 11.1 Å². The van der Waals surface area contributed by atoms with Crippen molar-refractivity contribution in [2.75, 3.05) is 13.2 Å². The second-order valence-corrected chi connectivity index (χ2v) is 6.72. The molecular weight excluding hydrogens is 354 g/mol. The first kappa shape index (κ1) is 16.9. The van der Waals surface area contributed by atoms with Crippen LogP contribution < -0.4 is 4.74 Å². The molecule has 26 heavy (non-hydrogen) atoms. The van der Waals surface area contributed by atoms with Gasteiger partial charge in [0.2, 0.25) is 5.89 Å². The first-order valence-electron chi connectivity index (χ1n) is 8.34. The molecule has 2 aromatic carbocycles. The summed E-state index contributed by atoms with van der Waals surface area (Å²) in [7, 11) is 0. The normalized spacial score (nSPS) is 14.5. The molecule has 0 fully saturated rings. The highest BCUT2D eigenvalue weighted by Gasteiger charge is 2.21. The number of aromatic nitrogens is 2. The van der Waals surface area contributed by atoms with Crippen molar-refractivity contribution in [1.82, 2.24) is 15.0 Å². The monoisotopic (exact) mass is 371 g/mol. The van der Waals surface area contributed by atoms with E-state index >= 15 is 0 Å². The number of hydrogen-bond acceptors (Lipinski definition) is 6. The minimum absolute atomic E-state index is 0.132. The third-order valence-corrected chi connectivity index (χ3v) is 4.52. The average Bonchev–Trinajstić information content (AvgIpc) is 2.89. The number of aromatic hydroxyl groups is 1. The summed E-state index contributed by atoms with van der Waals surface area (Å²) in [4.78, 5) is 6.41. The van der Waals surface area contributed by atoms with E-state index in [4.69, 9.17) is 20.9 Å². The van der Waals surface area contributed by atoms with Gasteiger partial charge in [-0.05, 0) is 42.3 Å². The maximum absolute atomic E-state index is 10.5. The van der Waals surface area contributed by atoms with Crippen molar-refractivity contribution in [3.63, 3.8) is 0 Å². The van der Waals surface area contributed by atoms with Crippen LogP contribution in [0.5, 0.6) is 11.5 Å². The summed E-state index contributed by atoms with van der Waals surface area (Å²) in [5.74, 6) is 1.85. The van der Waals surface area contributed by atoms with Crippen LogP contribution in [0.2, 0.25) is 5.02 Å². The molecule has 6 nitrogen and oxygen atoms in total. The molecule has 2 heterocycles. The summed E-state index contributed by atoms with van der Waals surface area (Å²) in [6.45, 7) is 4.11. The highest BCUT2D eigenvalue weighted by atomic mass is 35.5. The van der Waals surface area contributed by atoms with Crippen molar-refractivity contribution in [2.24, 2.45) is 0 Å². The number of fused-ring (bicyclic) bond motifs is 1. The minimum atomic E-state index is 0.132. The zero-order valence-electron chi connectivity index (χ0n) is 14.3. The van der Waals surface area contributed by atoms with E-state index in [1.165, 1.54) is 0 Å². The van der Waals surface area contributed by atoms with Crippen LogP contribution in [-0.4, -0.2) is 33.3 Å². The van der Waals surface area contributed by atoms with Gasteiger partial charge in [-0.3, -0.25) is 4.90 Å². The van der Waals surface area contributed by atoms with Crippen LogP contribution in [0.3, 0.4) is 0 Å². The fourth-order valence-electron chi connectivity index (χ4n) is 3.12. The van der Waals surface area contributed by atoms with Crippen molar-refractivity contribution in [1.29, 1.82) is 0 Å².